The smallest absolute Gasteiger partial charge is 0.176 e. The molecule has 0 saturated heterocycles. The maximum absolute atomic E-state index is 11.6. The van der Waals surface area contributed by atoms with Gasteiger partial charge < -0.3 is 5.32 Å². The fourth-order valence-corrected chi connectivity index (χ4v) is 1.63. The third-order valence-corrected chi connectivity index (χ3v) is 2.41. The van der Waals surface area contributed by atoms with Gasteiger partial charge in [-0.1, -0.05) is 36.4 Å². The van der Waals surface area contributed by atoms with Gasteiger partial charge in [-0.2, -0.15) is 0 Å². The van der Waals surface area contributed by atoms with E-state index in [0.29, 0.717) is 6.54 Å². The van der Waals surface area contributed by atoms with Gasteiger partial charge in [0.05, 0.1) is 6.54 Å². The zero-order valence-corrected chi connectivity index (χ0v) is 8.66. The number of hydrogen-bond donors (Lipinski definition) is 1. The molecule has 0 atom stereocenters. The predicted octanol–water partition coefficient (Wildman–Crippen LogP) is 2.24. The lowest BCUT2D eigenvalue weighted by molar-refractivity contribution is 0.0993. The van der Waals surface area contributed by atoms with Gasteiger partial charge in [-0.25, -0.2) is 0 Å². The lowest BCUT2D eigenvalue weighted by Gasteiger charge is -2.02. The van der Waals surface area contributed by atoms with Crippen LogP contribution in [0.3, 0.4) is 0 Å². The average Bonchev–Trinajstić information content (AvgIpc) is 2.29. The number of ketones is 1. The van der Waals surface area contributed by atoms with Gasteiger partial charge in [-0.3, -0.25) is 4.79 Å². The topological polar surface area (TPSA) is 29.1 Å². The first-order valence-corrected chi connectivity index (χ1v) is 4.98. The molecule has 15 heavy (non-hydrogen) atoms. The van der Waals surface area contributed by atoms with Crippen LogP contribution in [0.15, 0.2) is 42.5 Å². The molecule has 0 heterocycles. The molecule has 2 rings (SSSR count). The second kappa shape index (κ2) is 4.24. The third kappa shape index (κ3) is 2.05. The molecule has 0 aliphatic carbocycles. The number of likely N-dealkylation sites (N-methyl/N-ethyl adjacent to an activating group) is 1. The van der Waals surface area contributed by atoms with Gasteiger partial charge in [0.2, 0.25) is 0 Å². The molecule has 0 amide bonds. The van der Waals surface area contributed by atoms with Gasteiger partial charge in [0.15, 0.2) is 5.78 Å². The van der Waals surface area contributed by atoms with Gasteiger partial charge in [0.25, 0.3) is 0 Å². The maximum Gasteiger partial charge on any atom is 0.176 e. The van der Waals surface area contributed by atoms with E-state index in [0.717, 1.165) is 10.9 Å². The van der Waals surface area contributed by atoms with Gasteiger partial charge in [0.1, 0.15) is 0 Å². The van der Waals surface area contributed by atoms with Crippen molar-refractivity contribution in [3.8, 4) is 0 Å². The summed E-state index contributed by atoms with van der Waals surface area (Å²) < 4.78 is 0. The van der Waals surface area contributed by atoms with Crippen LogP contribution in [0, 0.1) is 0 Å². The quantitative estimate of drug-likeness (QED) is 0.768. The van der Waals surface area contributed by atoms with E-state index >= 15 is 0 Å². The van der Waals surface area contributed by atoms with Crippen molar-refractivity contribution in [2.45, 2.75) is 0 Å². The molecule has 1 N–H and O–H groups in total. The van der Waals surface area contributed by atoms with Crippen LogP contribution >= 0.6 is 0 Å². The molecule has 2 aromatic carbocycles. The number of rotatable bonds is 3. The van der Waals surface area contributed by atoms with Crippen molar-refractivity contribution in [1.29, 1.82) is 0 Å². The molecule has 76 valence electrons. The minimum atomic E-state index is 0.128. The zero-order valence-electron chi connectivity index (χ0n) is 8.66. The van der Waals surface area contributed by atoms with Crippen molar-refractivity contribution in [2.75, 3.05) is 13.6 Å². The fourth-order valence-electron chi connectivity index (χ4n) is 1.63. The van der Waals surface area contributed by atoms with Gasteiger partial charge in [-0.15, -0.1) is 0 Å². The van der Waals surface area contributed by atoms with E-state index in [2.05, 4.69) is 5.32 Å². The highest BCUT2D eigenvalue weighted by atomic mass is 16.1. The van der Waals surface area contributed by atoms with Crippen molar-refractivity contribution >= 4 is 16.6 Å². The molecule has 2 heteroatoms. The number of fused-ring (bicyclic) bond motifs is 1. The molecular weight excluding hydrogens is 186 g/mol. The predicted molar refractivity (Wildman–Crippen MR) is 62.2 cm³/mol. The molecule has 2 aromatic rings. The Morgan fingerprint density at radius 3 is 2.60 bits per heavy atom. The fraction of sp³-hybridized carbons (Fsp3) is 0.154. The summed E-state index contributed by atoms with van der Waals surface area (Å²) >= 11 is 0. The standard InChI is InChI=1S/C13H13NO/c1-14-9-13(15)12-7-6-10-4-2-3-5-11(10)8-12/h2-8,14H,9H2,1H3. The number of nitrogens with one attached hydrogen (secondary N) is 1. The molecule has 0 aliphatic heterocycles. The van der Waals surface area contributed by atoms with Crippen LogP contribution in [-0.4, -0.2) is 19.4 Å². The number of carbonyl (C=O) groups excluding carboxylic acids is 1. The minimum Gasteiger partial charge on any atom is -0.313 e. The Labute approximate surface area is 88.9 Å². The van der Waals surface area contributed by atoms with E-state index in [-0.39, 0.29) is 5.78 Å². The van der Waals surface area contributed by atoms with E-state index in [4.69, 9.17) is 0 Å². The molecule has 0 saturated carbocycles. The molecule has 0 bridgehead atoms. The summed E-state index contributed by atoms with van der Waals surface area (Å²) in [5.74, 6) is 0.128. The second-order valence-electron chi connectivity index (χ2n) is 3.52. The summed E-state index contributed by atoms with van der Waals surface area (Å²) in [5, 5.41) is 5.14. The highest BCUT2D eigenvalue weighted by molar-refractivity contribution is 6.01. The van der Waals surface area contributed by atoms with E-state index in [9.17, 15) is 4.79 Å². The lowest BCUT2D eigenvalue weighted by Crippen LogP contribution is -2.18. The highest BCUT2D eigenvalue weighted by Gasteiger charge is 2.04. The Bertz CT molecular complexity index is 491. The van der Waals surface area contributed by atoms with Crippen LogP contribution < -0.4 is 5.32 Å². The first-order valence-electron chi connectivity index (χ1n) is 4.98. The maximum atomic E-state index is 11.6. The molecule has 0 radical (unpaired) electrons. The van der Waals surface area contributed by atoms with Crippen LogP contribution in [0.2, 0.25) is 0 Å². The van der Waals surface area contributed by atoms with Crippen LogP contribution in [0.5, 0.6) is 0 Å². The second-order valence-corrected chi connectivity index (χ2v) is 3.52. The molecule has 0 aromatic heterocycles. The number of Topliss-reactive ketones (excluding diaryl/α,β-unsaturated/α-hetero) is 1. The van der Waals surface area contributed by atoms with Crippen LogP contribution in [0.4, 0.5) is 0 Å². The minimum absolute atomic E-state index is 0.128. The van der Waals surface area contributed by atoms with Crippen molar-refractivity contribution in [3.63, 3.8) is 0 Å². The van der Waals surface area contributed by atoms with E-state index in [1.807, 2.05) is 42.5 Å². The SMILES string of the molecule is CNCC(=O)c1ccc2ccccc2c1. The van der Waals surface area contributed by atoms with Crippen molar-refractivity contribution in [1.82, 2.24) is 5.32 Å². The Morgan fingerprint density at radius 1 is 1.13 bits per heavy atom. The first kappa shape index (κ1) is 9.87. The Hall–Kier alpha value is -1.67. The first-order chi connectivity index (χ1) is 7.31. The van der Waals surface area contributed by atoms with Crippen molar-refractivity contribution in [2.24, 2.45) is 0 Å². The van der Waals surface area contributed by atoms with Crippen LogP contribution in [-0.2, 0) is 0 Å². The average molecular weight is 199 g/mol. The molecule has 0 fully saturated rings. The Kier molecular flexibility index (Phi) is 2.79. The summed E-state index contributed by atoms with van der Waals surface area (Å²) in [6, 6.07) is 13.8. The summed E-state index contributed by atoms with van der Waals surface area (Å²) in [6.07, 6.45) is 0. The van der Waals surface area contributed by atoms with Gasteiger partial charge >= 0.3 is 0 Å². The normalized spacial score (nSPS) is 10.5. The van der Waals surface area contributed by atoms with E-state index in [1.165, 1.54) is 5.39 Å². The Morgan fingerprint density at radius 2 is 1.87 bits per heavy atom. The summed E-state index contributed by atoms with van der Waals surface area (Å²) in [6.45, 7) is 0.387. The van der Waals surface area contributed by atoms with Crippen molar-refractivity contribution in [3.05, 3.63) is 48.0 Å². The van der Waals surface area contributed by atoms with Crippen LogP contribution in [0.1, 0.15) is 10.4 Å². The number of hydrogen-bond acceptors (Lipinski definition) is 2. The van der Waals surface area contributed by atoms with E-state index < -0.39 is 0 Å². The van der Waals surface area contributed by atoms with Gasteiger partial charge in [0, 0.05) is 5.56 Å². The summed E-state index contributed by atoms with van der Waals surface area (Å²) in [5.41, 5.74) is 0.767. The molecular formula is C13H13NO. The number of benzene rings is 2. The van der Waals surface area contributed by atoms with Gasteiger partial charge in [-0.05, 0) is 23.9 Å². The zero-order chi connectivity index (χ0) is 10.7. The summed E-state index contributed by atoms with van der Waals surface area (Å²) in [7, 11) is 1.78. The molecule has 0 aliphatic rings. The summed E-state index contributed by atoms with van der Waals surface area (Å²) in [4.78, 5) is 11.6. The lowest BCUT2D eigenvalue weighted by atomic mass is 10.0. The highest BCUT2D eigenvalue weighted by Crippen LogP contribution is 2.15. The number of carbonyl (C=O) groups is 1. The molecule has 2 nitrogen and oxygen atoms in total. The molecule has 0 unspecified atom stereocenters. The third-order valence-electron chi connectivity index (χ3n) is 2.41. The Balaban J connectivity index is 2.42. The van der Waals surface area contributed by atoms with Crippen molar-refractivity contribution < 1.29 is 4.79 Å². The van der Waals surface area contributed by atoms with Crippen LogP contribution in [0.25, 0.3) is 10.8 Å². The monoisotopic (exact) mass is 199 g/mol. The largest absolute Gasteiger partial charge is 0.313 e. The van der Waals surface area contributed by atoms with E-state index in [1.54, 1.807) is 7.05 Å². The molecule has 0 spiro atoms.